The van der Waals surface area contributed by atoms with Crippen molar-refractivity contribution in [2.45, 2.75) is 25.7 Å². The molecule has 0 bridgehead atoms. The van der Waals surface area contributed by atoms with E-state index in [2.05, 4.69) is 9.88 Å². The summed E-state index contributed by atoms with van der Waals surface area (Å²) in [7, 11) is 0. The first-order chi connectivity index (χ1) is 12.7. The number of benzene rings is 1. The molecule has 1 saturated carbocycles. The molecule has 2 aromatic rings. The van der Waals surface area contributed by atoms with Crippen molar-refractivity contribution < 1.29 is 13.9 Å². The number of anilines is 1. The molecule has 1 aromatic heterocycles. The van der Waals surface area contributed by atoms with E-state index in [0.717, 1.165) is 63.2 Å². The van der Waals surface area contributed by atoms with E-state index in [0.29, 0.717) is 17.2 Å². The number of hydrogen-bond donors (Lipinski definition) is 0. The first kappa shape index (κ1) is 20.5. The van der Waals surface area contributed by atoms with Gasteiger partial charge >= 0.3 is 0 Å². The fourth-order valence-electron chi connectivity index (χ4n) is 3.47. The molecule has 4 rings (SSSR count). The van der Waals surface area contributed by atoms with Crippen molar-refractivity contribution in [1.29, 1.82) is 0 Å². The van der Waals surface area contributed by atoms with Gasteiger partial charge in [0.15, 0.2) is 5.13 Å². The quantitative estimate of drug-likeness (QED) is 0.724. The Morgan fingerprint density at radius 2 is 2.11 bits per heavy atom. The minimum atomic E-state index is -0.325. The van der Waals surface area contributed by atoms with E-state index in [1.807, 2.05) is 6.07 Å². The van der Waals surface area contributed by atoms with Crippen LogP contribution in [0, 0.1) is 11.7 Å². The van der Waals surface area contributed by atoms with Crippen LogP contribution in [0.25, 0.3) is 10.2 Å². The molecule has 1 saturated heterocycles. The zero-order valence-electron chi connectivity index (χ0n) is 15.2. The Bertz CT molecular complexity index is 777. The van der Waals surface area contributed by atoms with Crippen molar-refractivity contribution >= 4 is 45.0 Å². The molecule has 27 heavy (non-hydrogen) atoms. The number of rotatable bonds is 6. The third-order valence-corrected chi connectivity index (χ3v) is 6.31. The maximum absolute atomic E-state index is 14.0. The van der Waals surface area contributed by atoms with Crippen molar-refractivity contribution in [1.82, 2.24) is 9.88 Å². The minimum Gasteiger partial charge on any atom is -0.379 e. The van der Waals surface area contributed by atoms with Gasteiger partial charge < -0.3 is 4.74 Å². The van der Waals surface area contributed by atoms with Crippen LogP contribution in [0.1, 0.15) is 25.7 Å². The fraction of sp³-hybridized carbons (Fsp3) is 0.579. The van der Waals surface area contributed by atoms with Crippen LogP contribution in [0.2, 0.25) is 0 Å². The molecule has 0 N–H and O–H groups in total. The highest BCUT2D eigenvalue weighted by molar-refractivity contribution is 7.22. The molecule has 0 radical (unpaired) electrons. The largest absolute Gasteiger partial charge is 0.379 e. The lowest BCUT2D eigenvalue weighted by atomic mass is 9.84. The van der Waals surface area contributed by atoms with Crippen LogP contribution in [0.3, 0.4) is 0 Å². The molecule has 0 atom stereocenters. The highest BCUT2D eigenvalue weighted by Crippen LogP contribution is 2.34. The number of carbonyl (C=O) groups excluding carboxylic acids is 1. The average Bonchev–Trinajstić information content (AvgIpc) is 3.03. The Hall–Kier alpha value is -1.28. The van der Waals surface area contributed by atoms with Gasteiger partial charge in [0.05, 0.1) is 17.9 Å². The van der Waals surface area contributed by atoms with Gasteiger partial charge in [-0.3, -0.25) is 14.6 Å². The number of thiazole rings is 1. The number of carbonyl (C=O) groups is 1. The van der Waals surface area contributed by atoms with E-state index < -0.39 is 0 Å². The topological polar surface area (TPSA) is 45.7 Å². The van der Waals surface area contributed by atoms with Gasteiger partial charge in [-0.2, -0.15) is 0 Å². The molecular weight excluding hydrogens is 389 g/mol. The van der Waals surface area contributed by atoms with Gasteiger partial charge in [-0.15, -0.1) is 12.4 Å². The predicted molar refractivity (Wildman–Crippen MR) is 108 cm³/mol. The smallest absolute Gasteiger partial charge is 0.231 e. The highest BCUT2D eigenvalue weighted by Gasteiger charge is 2.31. The maximum Gasteiger partial charge on any atom is 0.231 e. The van der Waals surface area contributed by atoms with E-state index in [4.69, 9.17) is 4.74 Å². The van der Waals surface area contributed by atoms with Crippen molar-refractivity contribution in [2.24, 2.45) is 5.92 Å². The summed E-state index contributed by atoms with van der Waals surface area (Å²) in [6.45, 7) is 5.03. The summed E-state index contributed by atoms with van der Waals surface area (Å²) in [6.07, 6.45) is 3.92. The van der Waals surface area contributed by atoms with Crippen LogP contribution in [-0.4, -0.2) is 55.2 Å². The molecule has 2 aliphatic rings. The normalized spacial score (nSPS) is 18.1. The van der Waals surface area contributed by atoms with Crippen molar-refractivity contribution in [2.75, 3.05) is 44.3 Å². The van der Waals surface area contributed by atoms with E-state index in [-0.39, 0.29) is 30.0 Å². The molecule has 1 aliphatic heterocycles. The maximum atomic E-state index is 14.0. The van der Waals surface area contributed by atoms with Gasteiger partial charge in [-0.05, 0) is 31.4 Å². The van der Waals surface area contributed by atoms with Crippen LogP contribution in [0.4, 0.5) is 9.52 Å². The first-order valence-electron chi connectivity index (χ1n) is 9.39. The summed E-state index contributed by atoms with van der Waals surface area (Å²) in [5, 5.41) is 0.629. The summed E-state index contributed by atoms with van der Waals surface area (Å²) in [6, 6.07) is 4.97. The van der Waals surface area contributed by atoms with E-state index in [9.17, 15) is 9.18 Å². The summed E-state index contributed by atoms with van der Waals surface area (Å²) in [5.41, 5.74) is 0.368. The second kappa shape index (κ2) is 9.28. The third kappa shape index (κ3) is 4.59. The van der Waals surface area contributed by atoms with Gasteiger partial charge in [0.2, 0.25) is 5.91 Å². The molecule has 0 unspecified atom stereocenters. The number of para-hydroxylation sites is 1. The number of fused-ring (bicyclic) bond motifs is 1. The molecule has 2 fully saturated rings. The number of amides is 1. The fourth-order valence-corrected chi connectivity index (χ4v) is 4.48. The molecule has 2 heterocycles. The summed E-state index contributed by atoms with van der Waals surface area (Å²) in [4.78, 5) is 21.6. The number of hydrogen-bond acceptors (Lipinski definition) is 5. The predicted octanol–water partition coefficient (Wildman–Crippen LogP) is 3.71. The van der Waals surface area contributed by atoms with Gasteiger partial charge in [0.1, 0.15) is 11.3 Å². The monoisotopic (exact) mass is 413 g/mol. The molecule has 1 amide bonds. The average molecular weight is 414 g/mol. The zero-order valence-corrected chi connectivity index (χ0v) is 16.9. The molecular formula is C19H25ClFN3O2S. The van der Waals surface area contributed by atoms with Crippen LogP contribution in [0.15, 0.2) is 18.2 Å². The van der Waals surface area contributed by atoms with Crippen molar-refractivity contribution in [3.63, 3.8) is 0 Å². The molecule has 0 spiro atoms. The van der Waals surface area contributed by atoms with Gasteiger partial charge in [0.25, 0.3) is 0 Å². The van der Waals surface area contributed by atoms with E-state index in [1.54, 1.807) is 11.0 Å². The lowest BCUT2D eigenvalue weighted by molar-refractivity contribution is -0.124. The summed E-state index contributed by atoms with van der Waals surface area (Å²) >= 11 is 1.41. The van der Waals surface area contributed by atoms with Gasteiger partial charge in [0, 0.05) is 32.1 Å². The number of ether oxygens (including phenoxy) is 1. The molecule has 5 nitrogen and oxygen atoms in total. The number of morpholine rings is 1. The number of aromatic nitrogens is 1. The Morgan fingerprint density at radius 1 is 1.33 bits per heavy atom. The number of nitrogens with zero attached hydrogens (tertiary/aromatic N) is 3. The van der Waals surface area contributed by atoms with Crippen molar-refractivity contribution in [3.05, 3.63) is 24.0 Å². The Kier molecular flexibility index (Phi) is 7.03. The Labute approximate surface area is 168 Å². The van der Waals surface area contributed by atoms with Crippen LogP contribution in [0.5, 0.6) is 0 Å². The first-order valence-corrected chi connectivity index (χ1v) is 10.2. The molecule has 148 valence electrons. The Morgan fingerprint density at radius 3 is 2.78 bits per heavy atom. The Balaban J connectivity index is 0.00000210. The van der Waals surface area contributed by atoms with Crippen LogP contribution in [-0.2, 0) is 9.53 Å². The second-order valence-electron chi connectivity index (χ2n) is 7.01. The standard InChI is InChI=1S/C19H24FN3O2S.ClH/c20-15-6-2-7-16-17(15)21-19(26-16)23(18(24)14-4-1-5-14)9-3-8-22-10-12-25-13-11-22;/h2,6-7,14H,1,3-5,8-13H2;1H. The lowest BCUT2D eigenvalue weighted by Gasteiger charge is -2.31. The van der Waals surface area contributed by atoms with Crippen LogP contribution >= 0.6 is 23.7 Å². The zero-order chi connectivity index (χ0) is 17.9. The molecule has 8 heteroatoms. The third-order valence-electron chi connectivity index (χ3n) is 5.27. The second-order valence-corrected chi connectivity index (χ2v) is 8.02. The summed E-state index contributed by atoms with van der Waals surface area (Å²) in [5.74, 6) is -0.0673. The number of halogens is 2. The SMILES string of the molecule is Cl.O=C(C1CCC1)N(CCCN1CCOCC1)c1nc2c(F)cccc2s1. The molecule has 1 aromatic carbocycles. The lowest BCUT2D eigenvalue weighted by Crippen LogP contribution is -2.42. The van der Waals surface area contributed by atoms with Crippen LogP contribution < -0.4 is 4.90 Å². The summed E-state index contributed by atoms with van der Waals surface area (Å²) < 4.78 is 20.2. The highest BCUT2D eigenvalue weighted by atomic mass is 35.5. The molecule has 1 aliphatic carbocycles. The van der Waals surface area contributed by atoms with Gasteiger partial charge in [-0.1, -0.05) is 23.8 Å². The van der Waals surface area contributed by atoms with Crippen molar-refractivity contribution in [3.8, 4) is 0 Å². The van der Waals surface area contributed by atoms with E-state index >= 15 is 0 Å². The minimum absolute atomic E-state index is 0. The van der Waals surface area contributed by atoms with Gasteiger partial charge in [-0.25, -0.2) is 9.37 Å². The van der Waals surface area contributed by atoms with E-state index in [1.165, 1.54) is 17.4 Å².